The lowest BCUT2D eigenvalue weighted by Crippen LogP contribution is -2.42. The Hall–Kier alpha value is -1.49. The van der Waals surface area contributed by atoms with E-state index in [-0.39, 0.29) is 6.04 Å². The zero-order chi connectivity index (χ0) is 11.3. The van der Waals surface area contributed by atoms with E-state index in [2.05, 4.69) is 15.7 Å². The first kappa shape index (κ1) is 11.6. The minimum absolute atomic E-state index is 0.0417. The van der Waals surface area contributed by atoms with Crippen LogP contribution in [0.4, 0.5) is 0 Å². The van der Waals surface area contributed by atoms with Crippen LogP contribution in [0, 0.1) is 6.92 Å². The molecule has 4 N–H and O–H groups in total. The average molecular weight is 210 g/mol. The van der Waals surface area contributed by atoms with Crippen molar-refractivity contribution in [2.24, 2.45) is 10.8 Å². The summed E-state index contributed by atoms with van der Waals surface area (Å²) in [7, 11) is 0. The van der Waals surface area contributed by atoms with Crippen molar-refractivity contribution in [3.8, 4) is 0 Å². The normalized spacial score (nSPS) is 13.7. The minimum atomic E-state index is 0.0417. The number of rotatable bonds is 3. The second-order valence-electron chi connectivity index (χ2n) is 3.28. The molecule has 84 valence electrons. The Balaban J connectivity index is 2.62. The summed E-state index contributed by atoms with van der Waals surface area (Å²) in [4.78, 5) is 4.14. The Labute approximate surface area is 89.7 Å². The van der Waals surface area contributed by atoms with E-state index in [1.54, 1.807) is 0 Å². The highest BCUT2D eigenvalue weighted by molar-refractivity contribution is 5.79. The van der Waals surface area contributed by atoms with Crippen LogP contribution in [0.2, 0.25) is 0 Å². The molecule has 1 rings (SSSR count). The lowest BCUT2D eigenvalue weighted by Gasteiger charge is -2.14. The highest BCUT2D eigenvalue weighted by Gasteiger charge is 2.10. The fraction of sp³-hybridized carbons (Fsp3) is 0.500. The van der Waals surface area contributed by atoms with Crippen LogP contribution in [0.5, 0.6) is 0 Å². The molecule has 0 saturated carbocycles. The van der Waals surface area contributed by atoms with Crippen LogP contribution in [0.3, 0.4) is 0 Å². The fourth-order valence-electron chi connectivity index (χ4n) is 1.25. The molecule has 0 saturated heterocycles. The van der Waals surface area contributed by atoms with Crippen molar-refractivity contribution in [1.82, 2.24) is 10.7 Å². The van der Waals surface area contributed by atoms with Crippen molar-refractivity contribution < 1.29 is 4.42 Å². The van der Waals surface area contributed by atoms with E-state index in [1.807, 2.05) is 32.9 Å². The SMILES string of the molecule is CCN=C(NN)NC(C)c1ccc(C)o1. The summed E-state index contributed by atoms with van der Waals surface area (Å²) in [5.74, 6) is 7.65. The maximum Gasteiger partial charge on any atom is 0.206 e. The van der Waals surface area contributed by atoms with Gasteiger partial charge in [0.2, 0.25) is 5.96 Å². The van der Waals surface area contributed by atoms with E-state index in [9.17, 15) is 0 Å². The summed E-state index contributed by atoms with van der Waals surface area (Å²) >= 11 is 0. The number of nitrogens with two attached hydrogens (primary N) is 1. The predicted octanol–water partition coefficient (Wildman–Crippen LogP) is 1.08. The van der Waals surface area contributed by atoms with Gasteiger partial charge in [-0.1, -0.05) is 0 Å². The summed E-state index contributed by atoms with van der Waals surface area (Å²) in [5.41, 5.74) is 2.51. The van der Waals surface area contributed by atoms with Gasteiger partial charge in [0.15, 0.2) is 0 Å². The number of hydrogen-bond acceptors (Lipinski definition) is 3. The van der Waals surface area contributed by atoms with Crippen molar-refractivity contribution in [3.63, 3.8) is 0 Å². The van der Waals surface area contributed by atoms with Gasteiger partial charge in [-0.2, -0.15) is 0 Å². The Bertz CT molecular complexity index is 332. The van der Waals surface area contributed by atoms with Gasteiger partial charge in [0.25, 0.3) is 0 Å². The van der Waals surface area contributed by atoms with E-state index in [4.69, 9.17) is 10.3 Å². The molecule has 0 amide bonds. The molecule has 0 bridgehead atoms. The van der Waals surface area contributed by atoms with Gasteiger partial charge in [0.05, 0.1) is 6.04 Å². The van der Waals surface area contributed by atoms with Crippen LogP contribution in [0.25, 0.3) is 0 Å². The number of aryl methyl sites for hydroxylation is 1. The fourth-order valence-corrected chi connectivity index (χ4v) is 1.25. The van der Waals surface area contributed by atoms with Crippen LogP contribution in [-0.4, -0.2) is 12.5 Å². The molecule has 1 atom stereocenters. The summed E-state index contributed by atoms with van der Waals surface area (Å²) in [6.45, 7) is 6.52. The van der Waals surface area contributed by atoms with E-state index in [1.165, 1.54) is 0 Å². The quantitative estimate of drug-likeness (QED) is 0.302. The summed E-state index contributed by atoms with van der Waals surface area (Å²) < 4.78 is 5.48. The van der Waals surface area contributed by atoms with E-state index >= 15 is 0 Å². The maximum absolute atomic E-state index is 5.48. The Morgan fingerprint density at radius 3 is 2.80 bits per heavy atom. The van der Waals surface area contributed by atoms with Crippen molar-refractivity contribution >= 4 is 5.96 Å². The molecular formula is C10H18N4O. The Morgan fingerprint density at radius 1 is 1.60 bits per heavy atom. The molecular weight excluding hydrogens is 192 g/mol. The van der Waals surface area contributed by atoms with E-state index < -0.39 is 0 Å². The van der Waals surface area contributed by atoms with E-state index in [0.717, 1.165) is 11.5 Å². The first-order chi connectivity index (χ1) is 7.17. The van der Waals surface area contributed by atoms with Crippen LogP contribution in [-0.2, 0) is 0 Å². The maximum atomic E-state index is 5.48. The molecule has 0 spiro atoms. The molecule has 1 unspecified atom stereocenters. The molecule has 0 aliphatic heterocycles. The Morgan fingerprint density at radius 2 is 2.33 bits per heavy atom. The topological polar surface area (TPSA) is 75.6 Å². The molecule has 1 aromatic rings. The Kier molecular flexibility index (Phi) is 4.17. The summed E-state index contributed by atoms with van der Waals surface area (Å²) in [6.07, 6.45) is 0. The zero-order valence-corrected chi connectivity index (χ0v) is 9.37. The minimum Gasteiger partial charge on any atom is -0.464 e. The van der Waals surface area contributed by atoms with Gasteiger partial charge in [-0.05, 0) is 32.9 Å². The average Bonchev–Trinajstić information content (AvgIpc) is 2.64. The highest BCUT2D eigenvalue weighted by Crippen LogP contribution is 2.14. The standard InChI is InChI=1S/C10H18N4O/c1-4-12-10(14-11)13-8(3)9-6-5-7(2)15-9/h5-6,8H,4,11H2,1-3H3,(H2,12,13,14). The number of guanidine groups is 1. The first-order valence-corrected chi connectivity index (χ1v) is 5.01. The molecule has 5 nitrogen and oxygen atoms in total. The largest absolute Gasteiger partial charge is 0.464 e. The number of aliphatic imine (C=N–C) groups is 1. The molecule has 5 heteroatoms. The summed E-state index contributed by atoms with van der Waals surface area (Å²) in [5, 5.41) is 3.12. The highest BCUT2D eigenvalue weighted by atomic mass is 16.3. The number of hydrogen-bond donors (Lipinski definition) is 3. The third kappa shape index (κ3) is 3.28. The van der Waals surface area contributed by atoms with Gasteiger partial charge >= 0.3 is 0 Å². The van der Waals surface area contributed by atoms with Gasteiger partial charge in [-0.15, -0.1) is 0 Å². The van der Waals surface area contributed by atoms with Crippen molar-refractivity contribution in [2.75, 3.05) is 6.54 Å². The molecule has 0 fully saturated rings. The van der Waals surface area contributed by atoms with E-state index in [0.29, 0.717) is 12.5 Å². The third-order valence-electron chi connectivity index (χ3n) is 1.99. The predicted molar refractivity (Wildman–Crippen MR) is 60.3 cm³/mol. The molecule has 0 aromatic carbocycles. The van der Waals surface area contributed by atoms with Crippen molar-refractivity contribution in [2.45, 2.75) is 26.8 Å². The van der Waals surface area contributed by atoms with Gasteiger partial charge in [0.1, 0.15) is 11.5 Å². The monoisotopic (exact) mass is 210 g/mol. The number of nitrogens with one attached hydrogen (secondary N) is 2. The van der Waals surface area contributed by atoms with Crippen molar-refractivity contribution in [3.05, 3.63) is 23.7 Å². The zero-order valence-electron chi connectivity index (χ0n) is 9.37. The van der Waals surface area contributed by atoms with Crippen LogP contribution >= 0.6 is 0 Å². The second kappa shape index (κ2) is 5.41. The molecule has 1 aromatic heterocycles. The van der Waals surface area contributed by atoms with Crippen molar-refractivity contribution in [1.29, 1.82) is 0 Å². The third-order valence-corrected chi connectivity index (χ3v) is 1.99. The van der Waals surface area contributed by atoms with Crippen LogP contribution in [0.15, 0.2) is 21.5 Å². The molecule has 15 heavy (non-hydrogen) atoms. The first-order valence-electron chi connectivity index (χ1n) is 5.01. The molecule has 1 heterocycles. The van der Waals surface area contributed by atoms with Gasteiger partial charge < -0.3 is 9.73 Å². The van der Waals surface area contributed by atoms with Crippen LogP contribution < -0.4 is 16.6 Å². The van der Waals surface area contributed by atoms with Gasteiger partial charge in [-0.3, -0.25) is 10.4 Å². The second-order valence-corrected chi connectivity index (χ2v) is 3.28. The lowest BCUT2D eigenvalue weighted by molar-refractivity contribution is 0.441. The number of furan rings is 1. The van der Waals surface area contributed by atoms with Crippen LogP contribution in [0.1, 0.15) is 31.4 Å². The van der Waals surface area contributed by atoms with Gasteiger partial charge in [0, 0.05) is 6.54 Å². The smallest absolute Gasteiger partial charge is 0.206 e. The number of hydrazine groups is 1. The number of nitrogens with zero attached hydrogens (tertiary/aromatic N) is 1. The molecule has 0 aliphatic rings. The molecule has 0 radical (unpaired) electrons. The molecule has 0 aliphatic carbocycles. The summed E-state index contributed by atoms with van der Waals surface area (Å²) in [6, 6.07) is 3.91. The lowest BCUT2D eigenvalue weighted by atomic mass is 10.2. The van der Waals surface area contributed by atoms with Gasteiger partial charge in [-0.25, -0.2) is 5.84 Å².